The molecule has 1 aliphatic rings. The van der Waals surface area contributed by atoms with Gasteiger partial charge >= 0.3 is 0 Å². The maximum absolute atomic E-state index is 12.1. The van der Waals surface area contributed by atoms with Crippen LogP contribution in [-0.2, 0) is 24.2 Å². The molecule has 0 bridgehead atoms. The summed E-state index contributed by atoms with van der Waals surface area (Å²) >= 11 is 1.57. The van der Waals surface area contributed by atoms with Gasteiger partial charge in [0.1, 0.15) is 6.54 Å². The van der Waals surface area contributed by atoms with Crippen LogP contribution < -0.4 is 5.32 Å². The number of thiophene rings is 1. The van der Waals surface area contributed by atoms with Crippen molar-refractivity contribution in [2.24, 2.45) is 0 Å². The Bertz CT molecular complexity index is 840. The number of hydrogen-bond acceptors (Lipinski definition) is 5. The third kappa shape index (κ3) is 3.00. The van der Waals surface area contributed by atoms with Gasteiger partial charge in [-0.2, -0.15) is 16.1 Å². The number of anilines is 1. The highest BCUT2D eigenvalue weighted by Gasteiger charge is 2.13. The quantitative estimate of drug-likeness (QED) is 0.800. The first-order chi connectivity index (χ1) is 11.3. The largest absolute Gasteiger partial charge is 0.324 e. The number of hydrogen-bond donors (Lipinski definition) is 1. The molecule has 0 radical (unpaired) electrons. The van der Waals surface area contributed by atoms with Crippen LogP contribution in [0, 0.1) is 0 Å². The number of tetrazole rings is 1. The molecule has 1 N–H and O–H groups in total. The zero-order valence-electron chi connectivity index (χ0n) is 12.4. The van der Waals surface area contributed by atoms with Crippen LogP contribution in [0.1, 0.15) is 17.5 Å². The first-order valence-corrected chi connectivity index (χ1v) is 8.44. The first kappa shape index (κ1) is 14.1. The molecule has 116 valence electrons. The van der Waals surface area contributed by atoms with E-state index in [-0.39, 0.29) is 12.5 Å². The van der Waals surface area contributed by atoms with Gasteiger partial charge in [-0.05, 0) is 59.2 Å². The topological polar surface area (TPSA) is 72.7 Å². The van der Waals surface area contributed by atoms with E-state index in [2.05, 4.69) is 32.9 Å². The van der Waals surface area contributed by atoms with Gasteiger partial charge in [-0.25, -0.2) is 0 Å². The van der Waals surface area contributed by atoms with E-state index in [9.17, 15) is 4.79 Å². The number of fused-ring (bicyclic) bond motifs is 1. The van der Waals surface area contributed by atoms with Gasteiger partial charge < -0.3 is 5.32 Å². The highest BCUT2D eigenvalue weighted by molar-refractivity contribution is 7.08. The molecule has 23 heavy (non-hydrogen) atoms. The second-order valence-corrected chi connectivity index (χ2v) is 6.32. The fourth-order valence-electron chi connectivity index (χ4n) is 2.80. The second kappa shape index (κ2) is 5.92. The number of rotatable bonds is 4. The molecule has 0 atom stereocenters. The van der Waals surface area contributed by atoms with E-state index in [0.717, 1.165) is 24.1 Å². The Labute approximate surface area is 137 Å². The van der Waals surface area contributed by atoms with Gasteiger partial charge in [0.05, 0.1) is 0 Å². The number of benzene rings is 1. The van der Waals surface area contributed by atoms with Crippen molar-refractivity contribution < 1.29 is 4.79 Å². The third-order valence-electron chi connectivity index (χ3n) is 3.90. The molecule has 3 aromatic rings. The SMILES string of the molecule is O=C(Cn1nnc(-c2ccsc2)n1)Nc1ccc2c(c1)CCC2. The van der Waals surface area contributed by atoms with Crippen molar-refractivity contribution in [3.05, 3.63) is 46.2 Å². The van der Waals surface area contributed by atoms with Crippen LogP contribution in [0.5, 0.6) is 0 Å². The zero-order chi connectivity index (χ0) is 15.6. The Kier molecular flexibility index (Phi) is 3.63. The Morgan fingerprint density at radius 1 is 1.26 bits per heavy atom. The Morgan fingerprint density at radius 3 is 3.04 bits per heavy atom. The predicted octanol–water partition coefficient (Wildman–Crippen LogP) is 2.53. The summed E-state index contributed by atoms with van der Waals surface area (Å²) in [6, 6.07) is 8.04. The van der Waals surface area contributed by atoms with Crippen molar-refractivity contribution in [1.82, 2.24) is 20.2 Å². The van der Waals surface area contributed by atoms with Gasteiger partial charge in [-0.1, -0.05) is 6.07 Å². The number of aromatic nitrogens is 4. The van der Waals surface area contributed by atoms with Crippen LogP contribution in [0.15, 0.2) is 35.0 Å². The monoisotopic (exact) mass is 325 g/mol. The van der Waals surface area contributed by atoms with Crippen molar-refractivity contribution in [3.63, 3.8) is 0 Å². The van der Waals surface area contributed by atoms with Gasteiger partial charge in [-0.15, -0.1) is 10.2 Å². The molecule has 4 rings (SSSR count). The maximum Gasteiger partial charge on any atom is 0.248 e. The van der Waals surface area contributed by atoms with E-state index < -0.39 is 0 Å². The Morgan fingerprint density at radius 2 is 2.17 bits per heavy atom. The van der Waals surface area contributed by atoms with Gasteiger partial charge in [-0.3, -0.25) is 4.79 Å². The van der Waals surface area contributed by atoms with Gasteiger partial charge in [0.15, 0.2) is 0 Å². The van der Waals surface area contributed by atoms with E-state index in [1.165, 1.54) is 22.3 Å². The fourth-order valence-corrected chi connectivity index (χ4v) is 3.43. The summed E-state index contributed by atoms with van der Waals surface area (Å²) < 4.78 is 0. The average molecular weight is 325 g/mol. The van der Waals surface area contributed by atoms with Crippen molar-refractivity contribution in [2.45, 2.75) is 25.8 Å². The summed E-state index contributed by atoms with van der Waals surface area (Å²) in [5, 5.41) is 18.9. The van der Waals surface area contributed by atoms with Gasteiger partial charge in [0, 0.05) is 16.6 Å². The number of aryl methyl sites for hydroxylation is 2. The van der Waals surface area contributed by atoms with E-state index in [0.29, 0.717) is 5.82 Å². The molecule has 6 nitrogen and oxygen atoms in total. The first-order valence-electron chi connectivity index (χ1n) is 7.50. The summed E-state index contributed by atoms with van der Waals surface area (Å²) in [4.78, 5) is 13.5. The third-order valence-corrected chi connectivity index (χ3v) is 4.58. The van der Waals surface area contributed by atoms with Crippen LogP contribution >= 0.6 is 11.3 Å². The molecule has 1 aliphatic carbocycles. The van der Waals surface area contributed by atoms with Crippen LogP contribution in [0.2, 0.25) is 0 Å². The fraction of sp³-hybridized carbons (Fsp3) is 0.250. The van der Waals surface area contributed by atoms with Gasteiger partial charge in [0.2, 0.25) is 11.7 Å². The number of carbonyl (C=O) groups excluding carboxylic acids is 1. The molecule has 0 unspecified atom stereocenters. The van der Waals surface area contributed by atoms with Crippen LogP contribution in [-0.4, -0.2) is 26.1 Å². The molecule has 0 saturated carbocycles. The molecule has 2 aromatic heterocycles. The number of nitrogens with zero attached hydrogens (tertiary/aromatic N) is 4. The highest BCUT2D eigenvalue weighted by Crippen LogP contribution is 2.24. The second-order valence-electron chi connectivity index (χ2n) is 5.54. The van der Waals surface area contributed by atoms with Crippen molar-refractivity contribution in [2.75, 3.05) is 5.32 Å². The van der Waals surface area contributed by atoms with E-state index >= 15 is 0 Å². The molecular formula is C16H15N5OS. The minimum Gasteiger partial charge on any atom is -0.324 e. The molecular weight excluding hydrogens is 310 g/mol. The summed E-state index contributed by atoms with van der Waals surface area (Å²) in [5.74, 6) is 0.383. The smallest absolute Gasteiger partial charge is 0.248 e. The zero-order valence-corrected chi connectivity index (χ0v) is 13.2. The summed E-state index contributed by atoms with van der Waals surface area (Å²) in [5.41, 5.74) is 4.47. The highest BCUT2D eigenvalue weighted by atomic mass is 32.1. The van der Waals surface area contributed by atoms with E-state index in [1.54, 1.807) is 11.3 Å². The molecule has 0 fully saturated rings. The van der Waals surface area contributed by atoms with E-state index in [4.69, 9.17) is 0 Å². The molecule has 7 heteroatoms. The van der Waals surface area contributed by atoms with Crippen molar-refractivity contribution >= 4 is 22.9 Å². The Hall–Kier alpha value is -2.54. The lowest BCUT2D eigenvalue weighted by atomic mass is 10.1. The van der Waals surface area contributed by atoms with Gasteiger partial charge in [0.25, 0.3) is 0 Å². The molecule has 0 saturated heterocycles. The minimum atomic E-state index is -0.155. The lowest BCUT2D eigenvalue weighted by molar-refractivity contribution is -0.117. The number of carbonyl (C=O) groups is 1. The minimum absolute atomic E-state index is 0.0498. The lowest BCUT2D eigenvalue weighted by Gasteiger charge is -2.06. The summed E-state index contributed by atoms with van der Waals surface area (Å²) in [6.07, 6.45) is 3.42. The van der Waals surface area contributed by atoms with Crippen molar-refractivity contribution in [3.8, 4) is 11.4 Å². The lowest BCUT2D eigenvalue weighted by Crippen LogP contribution is -2.20. The summed E-state index contributed by atoms with van der Waals surface area (Å²) in [7, 11) is 0. The normalized spacial score (nSPS) is 13.0. The Balaban J connectivity index is 1.42. The predicted molar refractivity (Wildman–Crippen MR) is 88.2 cm³/mol. The molecule has 1 amide bonds. The maximum atomic E-state index is 12.1. The van der Waals surface area contributed by atoms with Crippen LogP contribution in [0.3, 0.4) is 0 Å². The van der Waals surface area contributed by atoms with Crippen LogP contribution in [0.4, 0.5) is 5.69 Å². The molecule has 0 spiro atoms. The number of nitrogens with one attached hydrogen (secondary N) is 1. The van der Waals surface area contributed by atoms with Crippen molar-refractivity contribution in [1.29, 1.82) is 0 Å². The standard InChI is InChI=1S/C16H15N5OS/c22-15(17-14-5-4-11-2-1-3-12(11)8-14)9-21-19-16(18-20-21)13-6-7-23-10-13/h4-8,10H,1-3,9H2,(H,17,22). The molecule has 1 aromatic carbocycles. The average Bonchev–Trinajstić information content (AvgIpc) is 3.27. The summed E-state index contributed by atoms with van der Waals surface area (Å²) in [6.45, 7) is 0.0498. The molecule has 2 heterocycles. The number of amides is 1. The van der Waals surface area contributed by atoms with Crippen LogP contribution in [0.25, 0.3) is 11.4 Å². The molecule has 0 aliphatic heterocycles. The van der Waals surface area contributed by atoms with E-state index in [1.807, 2.05) is 22.9 Å².